The summed E-state index contributed by atoms with van der Waals surface area (Å²) in [7, 11) is -1.89. The SMILES string of the molecule is [2H]C([2H])([2H])C(=NS(=O)C(C)(C)C)C([2H])([2H])[2H]. The van der Waals surface area contributed by atoms with Gasteiger partial charge in [-0.2, -0.15) is 4.40 Å². The molecule has 0 heterocycles. The molecule has 1 unspecified atom stereocenters. The summed E-state index contributed by atoms with van der Waals surface area (Å²) in [6, 6.07) is 0. The lowest BCUT2D eigenvalue weighted by atomic mass is 10.3. The summed E-state index contributed by atoms with van der Waals surface area (Å²) in [6.45, 7) is -0.950. The van der Waals surface area contributed by atoms with Crippen LogP contribution in [0.5, 0.6) is 0 Å². The van der Waals surface area contributed by atoms with Gasteiger partial charge in [0.2, 0.25) is 0 Å². The molecule has 0 saturated carbocycles. The van der Waals surface area contributed by atoms with E-state index in [1.807, 2.05) is 0 Å². The van der Waals surface area contributed by atoms with Gasteiger partial charge in [-0.3, -0.25) is 0 Å². The lowest BCUT2D eigenvalue weighted by Crippen LogP contribution is -2.20. The normalized spacial score (nSPS) is 25.9. The molecule has 0 rings (SSSR count). The van der Waals surface area contributed by atoms with Gasteiger partial charge in [-0.1, -0.05) is 0 Å². The van der Waals surface area contributed by atoms with Crippen molar-refractivity contribution in [1.29, 1.82) is 0 Å². The van der Waals surface area contributed by atoms with Crippen molar-refractivity contribution < 1.29 is 12.4 Å². The van der Waals surface area contributed by atoms with Crippen LogP contribution in [0.25, 0.3) is 0 Å². The maximum absolute atomic E-state index is 11.6. The van der Waals surface area contributed by atoms with Gasteiger partial charge >= 0.3 is 0 Å². The van der Waals surface area contributed by atoms with E-state index in [0.717, 1.165) is 0 Å². The lowest BCUT2D eigenvalue weighted by molar-refractivity contribution is 0.650. The lowest BCUT2D eigenvalue weighted by Gasteiger charge is -2.13. The molecule has 1 atom stereocenters. The van der Waals surface area contributed by atoms with Crippen LogP contribution < -0.4 is 0 Å². The van der Waals surface area contributed by atoms with Gasteiger partial charge in [0.25, 0.3) is 0 Å². The number of hydrogen-bond donors (Lipinski definition) is 0. The molecule has 10 heavy (non-hydrogen) atoms. The molecule has 0 aliphatic heterocycles. The molecule has 0 aliphatic rings. The Morgan fingerprint density at radius 2 is 2.00 bits per heavy atom. The van der Waals surface area contributed by atoms with E-state index in [-0.39, 0.29) is 0 Å². The molecular weight excluding hydrogens is 146 g/mol. The highest BCUT2D eigenvalue weighted by molar-refractivity contribution is 7.85. The molecule has 0 bridgehead atoms. The highest BCUT2D eigenvalue weighted by Crippen LogP contribution is 2.11. The Morgan fingerprint density at radius 1 is 1.50 bits per heavy atom. The molecule has 3 heteroatoms. The third-order valence-corrected chi connectivity index (χ3v) is 2.09. The van der Waals surface area contributed by atoms with E-state index in [4.69, 9.17) is 8.22 Å². The van der Waals surface area contributed by atoms with Crippen molar-refractivity contribution in [3.05, 3.63) is 0 Å². The van der Waals surface area contributed by atoms with Crippen molar-refractivity contribution in [3.8, 4) is 0 Å². The van der Waals surface area contributed by atoms with Crippen molar-refractivity contribution in [2.24, 2.45) is 4.40 Å². The van der Waals surface area contributed by atoms with Crippen LogP contribution in [0, 0.1) is 0 Å². The second-order valence-electron chi connectivity index (χ2n) is 2.80. The Balaban J connectivity index is 5.41. The summed E-state index contributed by atoms with van der Waals surface area (Å²) in [5.41, 5.74) is -0.978. The average Bonchev–Trinajstić information content (AvgIpc) is 1.92. The van der Waals surface area contributed by atoms with E-state index in [2.05, 4.69) is 4.40 Å². The van der Waals surface area contributed by atoms with Crippen LogP contribution in [-0.2, 0) is 11.0 Å². The van der Waals surface area contributed by atoms with E-state index in [0.29, 0.717) is 0 Å². The average molecular weight is 167 g/mol. The molecule has 0 saturated heterocycles. The first-order valence-electron chi connectivity index (χ1n) is 5.78. The summed E-state index contributed by atoms with van der Waals surface area (Å²) in [4.78, 5) is 0. The summed E-state index contributed by atoms with van der Waals surface area (Å²) in [5, 5.41) is 0. The van der Waals surface area contributed by atoms with Crippen molar-refractivity contribution in [1.82, 2.24) is 0 Å². The van der Waals surface area contributed by atoms with E-state index >= 15 is 0 Å². The molecule has 0 N–H and O–H groups in total. The first kappa shape index (κ1) is 3.48. The van der Waals surface area contributed by atoms with E-state index < -0.39 is 35.1 Å². The molecule has 0 amide bonds. The third-order valence-electron chi connectivity index (χ3n) is 0.698. The highest BCUT2D eigenvalue weighted by Gasteiger charge is 2.18. The topological polar surface area (TPSA) is 29.4 Å². The first-order valence-corrected chi connectivity index (χ1v) is 3.88. The Kier molecular flexibility index (Phi) is 1.14. The fourth-order valence-electron chi connectivity index (χ4n) is 0.220. The Labute approximate surface area is 73.8 Å². The minimum Gasteiger partial charge on any atom is -0.234 e. The van der Waals surface area contributed by atoms with E-state index in [1.54, 1.807) is 20.8 Å². The molecule has 0 aromatic rings. The predicted octanol–water partition coefficient (Wildman–Crippen LogP) is 1.93. The number of rotatable bonds is 1. The van der Waals surface area contributed by atoms with Crippen LogP contribution in [0.2, 0.25) is 0 Å². The standard InChI is InChI=1S/C7H15NOS/c1-6(2)8-10(9)7(3,4)5/h1-5H3/i1D3,2D3. The molecule has 0 radical (unpaired) electrons. The fourth-order valence-corrected chi connectivity index (χ4v) is 0.660. The summed E-state index contributed by atoms with van der Waals surface area (Å²) in [5.74, 6) is 0. The van der Waals surface area contributed by atoms with Crippen molar-refractivity contribution in [2.45, 2.75) is 39.2 Å². The molecule has 0 aliphatic carbocycles. The number of hydrogen-bond acceptors (Lipinski definition) is 1. The minimum atomic E-state index is -2.86. The molecular formula is C7H15NOS. The number of nitrogens with zero attached hydrogens (tertiary/aromatic N) is 1. The maximum atomic E-state index is 11.6. The zero-order chi connectivity index (χ0) is 13.4. The first-order chi connectivity index (χ1) is 6.76. The van der Waals surface area contributed by atoms with Crippen LogP contribution >= 0.6 is 0 Å². The second kappa shape index (κ2) is 3.28. The van der Waals surface area contributed by atoms with Gasteiger partial charge in [0.1, 0.15) is 11.0 Å². The van der Waals surface area contributed by atoms with Gasteiger partial charge in [-0.25, -0.2) is 4.21 Å². The van der Waals surface area contributed by atoms with Gasteiger partial charge in [-0.15, -0.1) is 0 Å². The van der Waals surface area contributed by atoms with Crippen LogP contribution in [0.3, 0.4) is 0 Å². The van der Waals surface area contributed by atoms with E-state index in [9.17, 15) is 4.21 Å². The Morgan fingerprint density at radius 3 is 2.30 bits per heavy atom. The molecule has 0 spiro atoms. The van der Waals surface area contributed by atoms with Gasteiger partial charge in [0.05, 0.1) is 4.75 Å². The van der Waals surface area contributed by atoms with Crippen LogP contribution in [0.15, 0.2) is 4.40 Å². The smallest absolute Gasteiger partial charge is 0.144 e. The fraction of sp³-hybridized carbons (Fsp3) is 0.857. The summed E-state index contributed by atoms with van der Waals surface area (Å²) in [6.07, 6.45) is 0. The van der Waals surface area contributed by atoms with Gasteiger partial charge in [0.15, 0.2) is 0 Å². The largest absolute Gasteiger partial charge is 0.234 e. The molecule has 0 aromatic carbocycles. The van der Waals surface area contributed by atoms with Crippen molar-refractivity contribution in [2.75, 3.05) is 0 Å². The molecule has 60 valence electrons. The van der Waals surface area contributed by atoms with Gasteiger partial charge in [-0.05, 0) is 34.5 Å². The third kappa shape index (κ3) is 3.77. The maximum Gasteiger partial charge on any atom is 0.144 e. The van der Waals surface area contributed by atoms with Crippen molar-refractivity contribution in [3.63, 3.8) is 0 Å². The van der Waals surface area contributed by atoms with Gasteiger partial charge in [0, 0.05) is 13.9 Å². The zero-order valence-electron chi connectivity index (χ0n) is 12.3. The summed E-state index contributed by atoms with van der Waals surface area (Å²) < 4.78 is 56.5. The monoisotopic (exact) mass is 167 g/mol. The summed E-state index contributed by atoms with van der Waals surface area (Å²) >= 11 is 0. The quantitative estimate of drug-likeness (QED) is 0.549. The minimum absolute atomic E-state index is 0.790. The molecule has 0 fully saturated rings. The predicted molar refractivity (Wildman–Crippen MR) is 46.7 cm³/mol. The highest BCUT2D eigenvalue weighted by atomic mass is 32.2. The van der Waals surface area contributed by atoms with Crippen LogP contribution in [0.4, 0.5) is 0 Å². The Hall–Kier alpha value is -0.180. The second-order valence-corrected chi connectivity index (χ2v) is 4.71. The molecule has 0 aromatic heterocycles. The molecule has 2 nitrogen and oxygen atoms in total. The zero-order valence-corrected chi connectivity index (χ0v) is 7.08. The Bertz CT molecular complexity index is 294. The van der Waals surface area contributed by atoms with Crippen LogP contribution in [-0.4, -0.2) is 14.7 Å². The van der Waals surface area contributed by atoms with Gasteiger partial charge < -0.3 is 0 Å². The van der Waals surface area contributed by atoms with E-state index in [1.165, 1.54) is 0 Å². The van der Waals surface area contributed by atoms with Crippen LogP contribution in [0.1, 0.15) is 42.7 Å². The van der Waals surface area contributed by atoms with Crippen molar-refractivity contribution >= 4 is 16.7 Å².